The van der Waals surface area contributed by atoms with Gasteiger partial charge in [0, 0.05) is 18.0 Å². The van der Waals surface area contributed by atoms with E-state index in [0.717, 1.165) is 11.5 Å². The van der Waals surface area contributed by atoms with Crippen molar-refractivity contribution in [3.05, 3.63) is 36.8 Å². The van der Waals surface area contributed by atoms with Gasteiger partial charge in [-0.05, 0) is 36.8 Å². The fraction of sp³-hybridized carbons (Fsp3) is 0.579. The number of hydrogen-bond donors (Lipinski definition) is 0. The maximum Gasteiger partial charge on any atom is 0.231 e. The molecular weight excluding hydrogens is 286 g/mol. The lowest BCUT2D eigenvalue weighted by atomic mass is 9.78. The molecule has 0 amide bonds. The Morgan fingerprint density at radius 2 is 1.91 bits per heavy atom. The normalized spacial score (nSPS) is 21.4. The molecule has 2 aromatic rings. The van der Waals surface area contributed by atoms with Crippen LogP contribution in [0.4, 0.5) is 0 Å². The van der Waals surface area contributed by atoms with Crippen molar-refractivity contribution in [2.75, 3.05) is 0 Å². The molecule has 1 radical (unpaired) electrons. The fourth-order valence-electron chi connectivity index (χ4n) is 3.45. The van der Waals surface area contributed by atoms with Crippen molar-refractivity contribution in [3.8, 4) is 11.4 Å². The lowest BCUT2D eigenvalue weighted by molar-refractivity contribution is 0.273. The van der Waals surface area contributed by atoms with E-state index in [2.05, 4.69) is 28.5 Å². The molecule has 2 heterocycles. The molecule has 0 atom stereocenters. The van der Waals surface area contributed by atoms with Crippen LogP contribution in [0.2, 0.25) is 0 Å². The van der Waals surface area contributed by atoms with E-state index in [1.807, 2.05) is 12.1 Å². The van der Waals surface area contributed by atoms with Gasteiger partial charge in [0.15, 0.2) is 0 Å². The average Bonchev–Trinajstić information content (AvgIpc) is 3.06. The van der Waals surface area contributed by atoms with E-state index in [-0.39, 0.29) is 0 Å². The van der Waals surface area contributed by atoms with Gasteiger partial charge in [-0.25, -0.2) is 0 Å². The minimum atomic E-state index is 0.586. The van der Waals surface area contributed by atoms with E-state index in [9.17, 15) is 0 Å². The van der Waals surface area contributed by atoms with Crippen LogP contribution in [-0.4, -0.2) is 15.1 Å². The van der Waals surface area contributed by atoms with Crippen molar-refractivity contribution >= 4 is 0 Å². The maximum absolute atomic E-state index is 5.39. The van der Waals surface area contributed by atoms with Gasteiger partial charge in [0.05, 0.1) is 6.42 Å². The zero-order chi connectivity index (χ0) is 15.9. The van der Waals surface area contributed by atoms with Crippen LogP contribution in [-0.2, 0) is 0 Å². The van der Waals surface area contributed by atoms with Crippen molar-refractivity contribution < 1.29 is 4.52 Å². The molecule has 0 unspecified atom stereocenters. The Morgan fingerprint density at radius 1 is 1.13 bits per heavy atom. The Bertz CT molecular complexity index is 573. The largest absolute Gasteiger partial charge is 0.339 e. The molecule has 4 heteroatoms. The second-order valence-corrected chi connectivity index (χ2v) is 6.64. The molecule has 1 fully saturated rings. The molecular formula is C19H26N3O. The first-order valence-electron chi connectivity index (χ1n) is 8.94. The smallest absolute Gasteiger partial charge is 0.231 e. The number of nitrogens with zero attached hydrogens (tertiary/aromatic N) is 3. The minimum absolute atomic E-state index is 0.586. The topological polar surface area (TPSA) is 51.8 Å². The van der Waals surface area contributed by atoms with Crippen molar-refractivity contribution in [2.45, 2.75) is 58.3 Å². The summed E-state index contributed by atoms with van der Waals surface area (Å²) in [6.07, 6.45) is 16.4. The molecule has 0 N–H and O–H groups in total. The molecule has 123 valence electrons. The van der Waals surface area contributed by atoms with Gasteiger partial charge in [0.1, 0.15) is 0 Å². The average molecular weight is 312 g/mol. The van der Waals surface area contributed by atoms with Gasteiger partial charge < -0.3 is 4.52 Å². The highest BCUT2D eigenvalue weighted by Gasteiger charge is 2.23. The summed E-state index contributed by atoms with van der Waals surface area (Å²) in [5, 5.41) is 4.07. The van der Waals surface area contributed by atoms with Crippen molar-refractivity contribution in [1.82, 2.24) is 15.1 Å². The lowest BCUT2D eigenvalue weighted by Gasteiger charge is -2.27. The van der Waals surface area contributed by atoms with E-state index in [0.29, 0.717) is 17.6 Å². The Hall–Kier alpha value is -1.71. The Morgan fingerprint density at radius 3 is 2.65 bits per heavy atom. The number of pyridine rings is 1. The third kappa shape index (κ3) is 4.63. The van der Waals surface area contributed by atoms with Crippen LogP contribution in [0.15, 0.2) is 29.0 Å². The zero-order valence-corrected chi connectivity index (χ0v) is 13.9. The Balaban J connectivity index is 1.47. The highest BCUT2D eigenvalue weighted by molar-refractivity contribution is 5.52. The zero-order valence-electron chi connectivity index (χ0n) is 13.9. The quantitative estimate of drug-likeness (QED) is 0.670. The minimum Gasteiger partial charge on any atom is -0.339 e. The van der Waals surface area contributed by atoms with Crippen LogP contribution in [0.1, 0.15) is 64.2 Å². The van der Waals surface area contributed by atoms with Crippen LogP contribution in [0, 0.1) is 18.3 Å². The Kier molecular flexibility index (Phi) is 5.78. The SMILES string of the molecule is CCCCCC1CCC([CH]c2nc(-c3ccncc3)no2)CC1. The van der Waals surface area contributed by atoms with E-state index < -0.39 is 0 Å². The molecule has 0 saturated heterocycles. The van der Waals surface area contributed by atoms with E-state index >= 15 is 0 Å². The monoisotopic (exact) mass is 312 g/mol. The molecule has 2 aromatic heterocycles. The highest BCUT2D eigenvalue weighted by atomic mass is 16.5. The predicted octanol–water partition coefficient (Wildman–Crippen LogP) is 5.07. The summed E-state index contributed by atoms with van der Waals surface area (Å²) in [5.74, 6) is 2.82. The van der Waals surface area contributed by atoms with Gasteiger partial charge in [-0.3, -0.25) is 4.98 Å². The summed E-state index contributed by atoms with van der Waals surface area (Å²) < 4.78 is 5.39. The third-order valence-electron chi connectivity index (χ3n) is 4.87. The van der Waals surface area contributed by atoms with Gasteiger partial charge in [0.25, 0.3) is 0 Å². The number of unbranched alkanes of at least 4 members (excludes halogenated alkanes) is 2. The predicted molar refractivity (Wildman–Crippen MR) is 90.5 cm³/mol. The second kappa shape index (κ2) is 8.23. The Labute approximate surface area is 138 Å². The first-order chi connectivity index (χ1) is 11.3. The maximum atomic E-state index is 5.39. The summed E-state index contributed by atoms with van der Waals surface area (Å²) in [6.45, 7) is 2.27. The van der Waals surface area contributed by atoms with Crippen LogP contribution < -0.4 is 0 Å². The van der Waals surface area contributed by atoms with Crippen LogP contribution >= 0.6 is 0 Å². The summed E-state index contributed by atoms with van der Waals surface area (Å²) in [7, 11) is 0. The molecule has 0 aromatic carbocycles. The fourth-order valence-corrected chi connectivity index (χ4v) is 3.45. The number of hydrogen-bond acceptors (Lipinski definition) is 4. The number of rotatable bonds is 7. The molecule has 4 nitrogen and oxygen atoms in total. The standard InChI is InChI=1S/C19H26N3O/c1-2-3-4-5-15-6-8-16(9-7-15)14-18-21-19(22-23-18)17-10-12-20-13-11-17/h10-16H,2-9H2,1H3. The van der Waals surface area contributed by atoms with Crippen LogP contribution in [0.25, 0.3) is 11.4 Å². The van der Waals surface area contributed by atoms with Crippen molar-refractivity contribution in [3.63, 3.8) is 0 Å². The molecule has 1 aliphatic rings. The highest BCUT2D eigenvalue weighted by Crippen LogP contribution is 2.34. The lowest BCUT2D eigenvalue weighted by Crippen LogP contribution is -2.15. The summed E-state index contributed by atoms with van der Waals surface area (Å²) in [6, 6.07) is 3.80. The van der Waals surface area contributed by atoms with Crippen LogP contribution in [0.3, 0.4) is 0 Å². The first-order valence-corrected chi connectivity index (χ1v) is 8.94. The molecule has 1 saturated carbocycles. The molecule has 23 heavy (non-hydrogen) atoms. The van der Waals surface area contributed by atoms with Crippen LogP contribution in [0.5, 0.6) is 0 Å². The summed E-state index contributed by atoms with van der Waals surface area (Å²) in [4.78, 5) is 8.50. The second-order valence-electron chi connectivity index (χ2n) is 6.64. The van der Waals surface area contributed by atoms with E-state index in [1.165, 1.54) is 51.4 Å². The van der Waals surface area contributed by atoms with E-state index in [1.54, 1.807) is 12.4 Å². The molecule has 0 bridgehead atoms. The molecule has 0 spiro atoms. The van der Waals surface area contributed by atoms with Gasteiger partial charge in [-0.1, -0.05) is 50.6 Å². The first kappa shape index (κ1) is 16.2. The molecule has 1 aliphatic carbocycles. The summed E-state index contributed by atoms with van der Waals surface area (Å²) >= 11 is 0. The third-order valence-corrected chi connectivity index (χ3v) is 4.87. The van der Waals surface area contributed by atoms with Gasteiger partial charge in [-0.2, -0.15) is 4.98 Å². The van der Waals surface area contributed by atoms with E-state index in [4.69, 9.17) is 4.52 Å². The number of aromatic nitrogens is 3. The molecule has 3 rings (SSSR count). The molecule has 0 aliphatic heterocycles. The summed E-state index contributed by atoms with van der Waals surface area (Å²) in [5.41, 5.74) is 0.947. The van der Waals surface area contributed by atoms with Gasteiger partial charge in [-0.15, -0.1) is 0 Å². The van der Waals surface area contributed by atoms with Crippen molar-refractivity contribution in [1.29, 1.82) is 0 Å². The van der Waals surface area contributed by atoms with Crippen molar-refractivity contribution in [2.24, 2.45) is 11.8 Å². The van der Waals surface area contributed by atoms with Gasteiger partial charge in [0.2, 0.25) is 11.7 Å². The van der Waals surface area contributed by atoms with Gasteiger partial charge >= 0.3 is 0 Å².